The zero-order valence-electron chi connectivity index (χ0n) is 19.1. The molecule has 1 aliphatic rings. The molecule has 2 aromatic rings. The van der Waals surface area contributed by atoms with Gasteiger partial charge in [-0.2, -0.15) is 5.26 Å². The monoisotopic (exact) mass is 435 g/mol. The van der Waals surface area contributed by atoms with Crippen LogP contribution in [0.4, 0.5) is 11.4 Å². The van der Waals surface area contributed by atoms with Gasteiger partial charge in [-0.1, -0.05) is 24.6 Å². The van der Waals surface area contributed by atoms with Crippen molar-refractivity contribution in [3.05, 3.63) is 63.2 Å². The van der Waals surface area contributed by atoms with Gasteiger partial charge in [-0.25, -0.2) is 0 Å². The number of benzene rings is 2. The molecule has 4 nitrogen and oxygen atoms in total. The SMILES string of the molecule is CCN1c2cc(C)c(/C=C(/C#N)C(=O)Nc3cccc(Cl)c3C)cc2C(C)CC1(C)C. The average Bonchev–Trinajstić information content (AvgIpc) is 2.69. The highest BCUT2D eigenvalue weighted by atomic mass is 35.5. The van der Waals surface area contributed by atoms with Crippen molar-refractivity contribution in [1.29, 1.82) is 5.26 Å². The highest BCUT2D eigenvalue weighted by molar-refractivity contribution is 6.31. The maximum atomic E-state index is 12.8. The van der Waals surface area contributed by atoms with Crippen LogP contribution in [0, 0.1) is 25.2 Å². The molecule has 162 valence electrons. The number of nitrogens with zero attached hydrogens (tertiary/aromatic N) is 2. The number of hydrogen-bond donors (Lipinski definition) is 1. The van der Waals surface area contributed by atoms with Crippen LogP contribution in [-0.4, -0.2) is 18.0 Å². The molecule has 0 bridgehead atoms. The van der Waals surface area contributed by atoms with Gasteiger partial charge in [0.25, 0.3) is 5.91 Å². The number of fused-ring (bicyclic) bond motifs is 1. The van der Waals surface area contributed by atoms with Crippen molar-refractivity contribution in [2.24, 2.45) is 0 Å². The summed E-state index contributed by atoms with van der Waals surface area (Å²) in [6.07, 6.45) is 2.74. The lowest BCUT2D eigenvalue weighted by Crippen LogP contribution is -2.48. The Morgan fingerprint density at radius 1 is 1.35 bits per heavy atom. The van der Waals surface area contributed by atoms with E-state index in [1.165, 1.54) is 11.3 Å². The van der Waals surface area contributed by atoms with E-state index < -0.39 is 5.91 Å². The Bertz CT molecular complexity index is 1090. The molecule has 5 heteroatoms. The highest BCUT2D eigenvalue weighted by Crippen LogP contribution is 2.44. The summed E-state index contributed by atoms with van der Waals surface area (Å²) in [6, 6.07) is 11.7. The van der Waals surface area contributed by atoms with Gasteiger partial charge >= 0.3 is 0 Å². The number of carbonyl (C=O) groups is 1. The molecule has 1 unspecified atom stereocenters. The van der Waals surface area contributed by atoms with Gasteiger partial charge in [0.1, 0.15) is 11.6 Å². The van der Waals surface area contributed by atoms with E-state index in [4.69, 9.17) is 11.6 Å². The third-order valence-corrected chi connectivity index (χ3v) is 6.68. The molecule has 1 amide bonds. The summed E-state index contributed by atoms with van der Waals surface area (Å²) >= 11 is 6.15. The van der Waals surface area contributed by atoms with E-state index >= 15 is 0 Å². The number of nitrogens with one attached hydrogen (secondary N) is 1. The molecule has 1 heterocycles. The molecule has 1 N–H and O–H groups in total. The Labute approximate surface area is 190 Å². The summed E-state index contributed by atoms with van der Waals surface area (Å²) in [6.45, 7) is 13.8. The first-order valence-corrected chi connectivity index (χ1v) is 11.1. The number of carbonyl (C=O) groups excluding carboxylic acids is 1. The van der Waals surface area contributed by atoms with Gasteiger partial charge in [0.15, 0.2) is 0 Å². The van der Waals surface area contributed by atoms with Gasteiger partial charge < -0.3 is 10.2 Å². The van der Waals surface area contributed by atoms with E-state index in [0.29, 0.717) is 16.6 Å². The van der Waals surface area contributed by atoms with E-state index in [0.717, 1.165) is 29.7 Å². The molecule has 3 rings (SSSR count). The van der Waals surface area contributed by atoms with Gasteiger partial charge in [0, 0.05) is 28.5 Å². The second-order valence-corrected chi connectivity index (χ2v) is 9.37. The lowest BCUT2D eigenvalue weighted by Gasteiger charge is -2.47. The van der Waals surface area contributed by atoms with Crippen molar-refractivity contribution in [2.45, 2.75) is 59.4 Å². The largest absolute Gasteiger partial charge is 0.366 e. The molecule has 0 spiro atoms. The lowest BCUT2D eigenvalue weighted by atomic mass is 9.79. The smallest absolute Gasteiger partial charge is 0.266 e. The third kappa shape index (κ3) is 4.48. The Hall–Kier alpha value is -2.77. The first kappa shape index (κ1) is 22.9. The summed E-state index contributed by atoms with van der Waals surface area (Å²) in [5.74, 6) is -0.0385. The van der Waals surface area contributed by atoms with Crippen LogP contribution in [0.1, 0.15) is 62.3 Å². The fourth-order valence-corrected chi connectivity index (χ4v) is 4.82. The summed E-state index contributed by atoms with van der Waals surface area (Å²) in [5.41, 5.74) is 6.00. The average molecular weight is 436 g/mol. The summed E-state index contributed by atoms with van der Waals surface area (Å²) in [5, 5.41) is 13.1. The zero-order chi connectivity index (χ0) is 22.9. The number of halogens is 1. The summed E-state index contributed by atoms with van der Waals surface area (Å²) in [4.78, 5) is 15.3. The van der Waals surface area contributed by atoms with E-state index in [1.54, 1.807) is 24.3 Å². The molecule has 31 heavy (non-hydrogen) atoms. The second-order valence-electron chi connectivity index (χ2n) is 8.97. The van der Waals surface area contributed by atoms with Crippen LogP contribution in [0.3, 0.4) is 0 Å². The maximum Gasteiger partial charge on any atom is 0.266 e. The second kappa shape index (κ2) is 8.77. The maximum absolute atomic E-state index is 12.8. The molecule has 0 aromatic heterocycles. The van der Waals surface area contributed by atoms with E-state index in [-0.39, 0.29) is 11.1 Å². The van der Waals surface area contributed by atoms with Crippen LogP contribution in [0.15, 0.2) is 35.9 Å². The van der Waals surface area contributed by atoms with Crippen LogP contribution in [0.2, 0.25) is 5.02 Å². The van der Waals surface area contributed by atoms with Crippen LogP contribution in [0.5, 0.6) is 0 Å². The van der Waals surface area contributed by atoms with Crippen LogP contribution in [0.25, 0.3) is 6.08 Å². The number of nitriles is 1. The van der Waals surface area contributed by atoms with Crippen molar-refractivity contribution in [2.75, 3.05) is 16.8 Å². The first-order chi connectivity index (χ1) is 14.6. The molecule has 0 saturated heterocycles. The minimum Gasteiger partial charge on any atom is -0.366 e. The van der Waals surface area contributed by atoms with Gasteiger partial charge in [0.05, 0.1) is 0 Å². The van der Waals surface area contributed by atoms with E-state index in [9.17, 15) is 10.1 Å². The lowest BCUT2D eigenvalue weighted by molar-refractivity contribution is -0.112. The van der Waals surface area contributed by atoms with Crippen molar-refractivity contribution in [3.8, 4) is 6.07 Å². The van der Waals surface area contributed by atoms with Crippen molar-refractivity contribution >= 4 is 35.0 Å². The molecule has 1 atom stereocenters. The molecule has 0 saturated carbocycles. The van der Waals surface area contributed by atoms with Crippen molar-refractivity contribution in [3.63, 3.8) is 0 Å². The Morgan fingerprint density at radius 2 is 2.06 bits per heavy atom. The molecule has 0 aliphatic carbocycles. The standard InChI is InChI=1S/C26H30ClN3O/c1-7-30-24-11-16(2)19(13-21(24)17(3)14-26(30,5)6)12-20(15-28)25(31)29-23-10-8-9-22(27)18(23)4/h8-13,17H,7,14H2,1-6H3,(H,29,31)/b20-12-. The first-order valence-electron chi connectivity index (χ1n) is 10.7. The number of aryl methyl sites for hydroxylation is 1. The minimum atomic E-state index is -0.436. The summed E-state index contributed by atoms with van der Waals surface area (Å²) in [7, 11) is 0. The predicted molar refractivity (Wildman–Crippen MR) is 130 cm³/mol. The van der Waals surface area contributed by atoms with Crippen molar-refractivity contribution < 1.29 is 4.79 Å². The van der Waals surface area contributed by atoms with Gasteiger partial charge in [-0.15, -0.1) is 0 Å². The number of rotatable bonds is 4. The minimum absolute atomic E-state index is 0.0681. The molecular formula is C26H30ClN3O. The Balaban J connectivity index is 1.98. The van der Waals surface area contributed by atoms with E-state index in [1.807, 2.05) is 13.8 Å². The topological polar surface area (TPSA) is 56.1 Å². The normalized spacial score (nSPS) is 17.7. The quantitative estimate of drug-likeness (QED) is 0.434. The Kier molecular flexibility index (Phi) is 6.48. The fourth-order valence-electron chi connectivity index (χ4n) is 4.64. The fraction of sp³-hybridized carbons (Fsp3) is 0.385. The third-order valence-electron chi connectivity index (χ3n) is 6.27. The van der Waals surface area contributed by atoms with Crippen LogP contribution < -0.4 is 10.2 Å². The highest BCUT2D eigenvalue weighted by Gasteiger charge is 2.35. The van der Waals surface area contributed by atoms with Gasteiger partial charge in [0.2, 0.25) is 0 Å². The Morgan fingerprint density at radius 3 is 2.71 bits per heavy atom. The van der Waals surface area contributed by atoms with E-state index in [2.05, 4.69) is 56.1 Å². The molecule has 1 aliphatic heterocycles. The summed E-state index contributed by atoms with van der Waals surface area (Å²) < 4.78 is 0. The predicted octanol–water partition coefficient (Wildman–Crippen LogP) is 6.61. The number of amides is 1. The number of hydrogen-bond acceptors (Lipinski definition) is 3. The van der Waals surface area contributed by atoms with Gasteiger partial charge in [-0.3, -0.25) is 4.79 Å². The molecule has 0 radical (unpaired) electrons. The van der Waals surface area contributed by atoms with Crippen LogP contribution >= 0.6 is 11.6 Å². The molecule has 0 fully saturated rings. The van der Waals surface area contributed by atoms with Crippen molar-refractivity contribution in [1.82, 2.24) is 0 Å². The van der Waals surface area contributed by atoms with Crippen LogP contribution in [-0.2, 0) is 4.79 Å². The molecule has 2 aromatic carbocycles. The van der Waals surface area contributed by atoms with Gasteiger partial charge in [-0.05, 0) is 99.6 Å². The zero-order valence-corrected chi connectivity index (χ0v) is 19.9. The number of anilines is 2. The molecular weight excluding hydrogens is 406 g/mol.